The minimum atomic E-state index is -1.75. The van der Waals surface area contributed by atoms with Gasteiger partial charge in [0.2, 0.25) is 0 Å². The van der Waals surface area contributed by atoms with Crippen LogP contribution >= 0.6 is 0 Å². The van der Waals surface area contributed by atoms with Crippen LogP contribution in [0.15, 0.2) is 0 Å². The zero-order valence-corrected chi connectivity index (χ0v) is 14.3. The first-order valence-corrected chi connectivity index (χ1v) is 5.66. The average Bonchev–Trinajstić information content (AvgIpc) is 1.92. The zero-order valence-electron chi connectivity index (χ0n) is 6.08. The van der Waals surface area contributed by atoms with Crippen molar-refractivity contribution in [3.8, 4) is 0 Å². The van der Waals surface area contributed by atoms with Gasteiger partial charge in [0, 0.05) is 0 Å². The first-order chi connectivity index (χ1) is 5.66. The maximum atomic E-state index is 8.46. The van der Waals surface area contributed by atoms with Crippen LogP contribution in [-0.2, 0) is 41.1 Å². The minimum absolute atomic E-state index is 0. The predicted octanol–water partition coefficient (Wildman–Crippen LogP) is -8.21. The second kappa shape index (κ2) is 85.9. The van der Waals surface area contributed by atoms with Crippen molar-refractivity contribution < 1.29 is 57.7 Å². The topological polar surface area (TPSA) is 161 Å². The molecule has 8 nitrogen and oxygen atoms in total. The van der Waals surface area contributed by atoms with Crippen LogP contribution in [0.25, 0.3) is 0 Å². The fourth-order valence-corrected chi connectivity index (χ4v) is 0. The molecule has 0 aromatic heterocycles. The Morgan fingerprint density at radius 2 is 0.571 bits per heavy atom. The van der Waals surface area contributed by atoms with E-state index in [-0.39, 0.29) is 36.8 Å². The molecule has 0 bridgehead atoms. The largest absolute Gasteiger partial charge is 0.0149 e. The first kappa shape index (κ1) is 36.1. The second-order valence-corrected chi connectivity index (χ2v) is 1.15. The summed E-state index contributed by atoms with van der Waals surface area (Å²) in [7, 11) is 0. The molecule has 0 heterocycles. The normalized spacial score (nSPS) is 2.29. The number of hydrogen-bond acceptors (Lipinski definition) is 8. The molecule has 0 aromatic rings. The van der Waals surface area contributed by atoms with E-state index in [2.05, 4.69) is 0 Å². The molecule has 0 unspecified atom stereocenters. The van der Waals surface area contributed by atoms with Crippen molar-refractivity contribution in [1.82, 2.24) is 0 Å². The third kappa shape index (κ3) is 829. The molecule has 0 amide bonds. The molecular weight excluding hydrogens is 442 g/mol. The molecule has 0 aliphatic heterocycles. The van der Waals surface area contributed by atoms with E-state index in [4.69, 9.17) is 31.8 Å². The molecule has 0 saturated carbocycles. The molecule has 0 saturated heterocycles. The fourth-order valence-electron chi connectivity index (χ4n) is 0. The van der Waals surface area contributed by atoms with Crippen LogP contribution in [0.4, 0.5) is 0 Å². The van der Waals surface area contributed by atoms with E-state index in [1.165, 1.54) is 0 Å². The van der Waals surface area contributed by atoms with Crippen molar-refractivity contribution in [2.75, 3.05) is 0 Å². The van der Waals surface area contributed by atoms with Gasteiger partial charge in [-0.15, -0.1) is 0 Å². The van der Waals surface area contributed by atoms with E-state index in [9.17, 15) is 0 Å². The van der Waals surface area contributed by atoms with E-state index in [0.717, 1.165) is 0 Å². The van der Waals surface area contributed by atoms with Gasteiger partial charge in [0.15, 0.2) is 0 Å². The Morgan fingerprint density at radius 3 is 0.571 bits per heavy atom. The monoisotopic (exact) mass is 448 g/mol. The van der Waals surface area contributed by atoms with Crippen molar-refractivity contribution in [1.29, 1.82) is 0 Å². The summed E-state index contributed by atoms with van der Waals surface area (Å²) in [5, 5.41) is 0. The Hall–Kier alpha value is 1.62. The molecule has 14 heavy (non-hydrogen) atoms. The molecular formula is H4Al4HfO8Si. The van der Waals surface area contributed by atoms with Crippen molar-refractivity contribution >= 4 is 72.9 Å². The number of hydrogen-bond donors (Lipinski definition) is 0. The van der Waals surface area contributed by atoms with Gasteiger partial charge >= 0.3 is 120 Å². The average molecular weight is 447 g/mol. The van der Waals surface area contributed by atoms with E-state index in [1.54, 1.807) is 0 Å². The van der Waals surface area contributed by atoms with Crippen LogP contribution in [0.2, 0.25) is 0 Å². The fraction of sp³-hybridized carbons (Fsp3) is 0. The van der Waals surface area contributed by atoms with E-state index >= 15 is 0 Å². The maximum Gasteiger partial charge on any atom is -0.0149 e. The van der Waals surface area contributed by atoms with Gasteiger partial charge in [-0.3, -0.25) is 0 Å². The van der Waals surface area contributed by atoms with E-state index in [1.807, 2.05) is 0 Å². The van der Waals surface area contributed by atoms with Gasteiger partial charge in [-0.05, 0) is 11.0 Å². The van der Waals surface area contributed by atoms with Crippen LogP contribution in [0, 0.1) is 0 Å². The summed E-state index contributed by atoms with van der Waals surface area (Å²) in [6.45, 7) is 0. The van der Waals surface area contributed by atoms with Gasteiger partial charge in [0.25, 0.3) is 0 Å². The summed E-state index contributed by atoms with van der Waals surface area (Å²) in [6.07, 6.45) is 0. The Labute approximate surface area is 129 Å². The smallest absolute Gasteiger partial charge is 0.0149 e. The first-order valence-electron chi connectivity index (χ1n) is 1.89. The number of rotatable bonds is 0. The molecule has 0 spiro atoms. The molecule has 0 atom stereocenters. The third-order valence-electron chi connectivity index (χ3n) is 0. The molecule has 0 aliphatic rings. The summed E-state index contributed by atoms with van der Waals surface area (Å²) in [4.78, 5) is 0. The van der Waals surface area contributed by atoms with Crippen molar-refractivity contribution in [2.24, 2.45) is 0 Å². The molecule has 0 N–H and O–H groups in total. The van der Waals surface area contributed by atoms with E-state index < -0.39 is 61.9 Å². The molecule has 0 rings (SSSR count). The minimum Gasteiger partial charge on any atom is -0.0149 e. The Kier molecular flexibility index (Phi) is 221. The molecule has 0 aliphatic carbocycles. The van der Waals surface area contributed by atoms with Crippen molar-refractivity contribution in [3.63, 3.8) is 0 Å². The SMILES string of the molecule is [Hf+4].[O]=[Al][O-].[O]=[Al][O-].[O]=[Al][O-].[O]=[Al][O-].[SiH4]. The van der Waals surface area contributed by atoms with Gasteiger partial charge in [-0.1, -0.05) is 0 Å². The quantitative estimate of drug-likeness (QED) is 0.332. The third-order valence-corrected chi connectivity index (χ3v) is 0. The Morgan fingerprint density at radius 1 is 0.571 bits per heavy atom. The van der Waals surface area contributed by atoms with Crippen LogP contribution in [0.5, 0.6) is 0 Å². The van der Waals surface area contributed by atoms with Crippen molar-refractivity contribution in [2.45, 2.75) is 0 Å². The maximum absolute atomic E-state index is 8.46. The summed E-state index contributed by atoms with van der Waals surface area (Å²) in [5.41, 5.74) is 0. The molecule has 0 radical (unpaired) electrons. The molecule has 72 valence electrons. The zero-order chi connectivity index (χ0) is 10.8. The molecule has 0 aromatic carbocycles. The summed E-state index contributed by atoms with van der Waals surface area (Å²) >= 11 is -7.00. The van der Waals surface area contributed by atoms with Gasteiger partial charge in [0.05, 0.1) is 0 Å². The van der Waals surface area contributed by atoms with Gasteiger partial charge in [0.1, 0.15) is 0 Å². The van der Waals surface area contributed by atoms with Crippen LogP contribution in [0.1, 0.15) is 0 Å². The summed E-state index contributed by atoms with van der Waals surface area (Å²) < 4.78 is 67.7. The Balaban J connectivity index is -0.0000000145. The van der Waals surface area contributed by atoms with Crippen LogP contribution in [0.3, 0.4) is 0 Å². The van der Waals surface area contributed by atoms with Crippen LogP contribution in [-0.4, -0.2) is 72.9 Å². The predicted molar refractivity (Wildman–Crippen MR) is 37.1 cm³/mol. The molecule has 0 fully saturated rings. The summed E-state index contributed by atoms with van der Waals surface area (Å²) in [6, 6.07) is 0. The second-order valence-electron chi connectivity index (χ2n) is 0.385. The van der Waals surface area contributed by atoms with Crippen LogP contribution < -0.4 is 16.6 Å². The molecule has 14 heteroatoms. The standard InChI is InChI=1S/4Al.Hf.8O.H4Si/h;;;;;;;;;;;;;1H4/q;;;;+4;;;;;4*-1;. The summed E-state index contributed by atoms with van der Waals surface area (Å²) in [5.74, 6) is 0. The van der Waals surface area contributed by atoms with Crippen molar-refractivity contribution in [3.05, 3.63) is 0 Å². The Bertz CT molecular complexity index is 75.3. The van der Waals surface area contributed by atoms with Gasteiger partial charge in [-0.25, -0.2) is 0 Å². The van der Waals surface area contributed by atoms with Gasteiger partial charge in [-0.2, -0.15) is 0 Å². The van der Waals surface area contributed by atoms with Gasteiger partial charge < -0.3 is 0 Å². The van der Waals surface area contributed by atoms with E-state index in [0.29, 0.717) is 0 Å².